The van der Waals surface area contributed by atoms with Crippen molar-refractivity contribution in [2.75, 3.05) is 20.3 Å². The van der Waals surface area contributed by atoms with Crippen molar-refractivity contribution in [3.63, 3.8) is 0 Å². The summed E-state index contributed by atoms with van der Waals surface area (Å²) in [6, 6.07) is 0.487. The lowest BCUT2D eigenvalue weighted by Crippen LogP contribution is -2.40. The Morgan fingerprint density at radius 2 is 1.57 bits per heavy atom. The van der Waals surface area contributed by atoms with Crippen LogP contribution in [0, 0.1) is 17.8 Å². The first-order valence-electron chi connectivity index (χ1n) is 5.71. The minimum Gasteiger partial charge on any atom is -0.383 e. The van der Waals surface area contributed by atoms with Gasteiger partial charge in [0.05, 0.1) is 6.61 Å². The summed E-state index contributed by atoms with van der Waals surface area (Å²) in [6.45, 7) is 13.2. The molecule has 0 saturated carbocycles. The Kier molecular flexibility index (Phi) is 7.20. The van der Waals surface area contributed by atoms with E-state index in [1.807, 2.05) is 0 Å². The molecule has 0 aromatic heterocycles. The molecule has 0 aromatic carbocycles. The van der Waals surface area contributed by atoms with Crippen molar-refractivity contribution in [2.24, 2.45) is 17.8 Å². The smallest absolute Gasteiger partial charge is 0.0618 e. The summed E-state index contributed by atoms with van der Waals surface area (Å²) in [7, 11) is 1.77. The molecule has 86 valence electrons. The van der Waals surface area contributed by atoms with Gasteiger partial charge in [-0.1, -0.05) is 34.6 Å². The number of methoxy groups -OCH3 is 1. The molecule has 0 aromatic rings. The Labute approximate surface area is 89.4 Å². The van der Waals surface area contributed by atoms with E-state index in [0.717, 1.165) is 25.0 Å². The fraction of sp³-hybridized carbons (Fsp3) is 1.00. The second-order valence-electron chi connectivity index (χ2n) is 4.94. The third kappa shape index (κ3) is 5.61. The lowest BCUT2D eigenvalue weighted by atomic mass is 9.97. The van der Waals surface area contributed by atoms with Gasteiger partial charge in [-0.05, 0) is 24.3 Å². The molecule has 0 bridgehead atoms. The van der Waals surface area contributed by atoms with Crippen molar-refractivity contribution >= 4 is 0 Å². The maximum absolute atomic E-state index is 5.20. The van der Waals surface area contributed by atoms with E-state index >= 15 is 0 Å². The molecule has 0 aliphatic rings. The molecule has 0 aliphatic carbocycles. The van der Waals surface area contributed by atoms with Crippen molar-refractivity contribution in [1.82, 2.24) is 5.32 Å². The highest BCUT2D eigenvalue weighted by Gasteiger charge is 2.14. The van der Waals surface area contributed by atoms with Gasteiger partial charge in [-0.2, -0.15) is 0 Å². The second-order valence-corrected chi connectivity index (χ2v) is 4.94. The molecular formula is C12H27NO. The van der Waals surface area contributed by atoms with E-state index in [0.29, 0.717) is 12.0 Å². The highest BCUT2D eigenvalue weighted by atomic mass is 16.5. The Morgan fingerprint density at radius 3 is 1.93 bits per heavy atom. The van der Waals surface area contributed by atoms with Crippen LogP contribution in [0.1, 0.15) is 34.6 Å². The van der Waals surface area contributed by atoms with Crippen LogP contribution < -0.4 is 5.32 Å². The molecule has 0 radical (unpaired) electrons. The van der Waals surface area contributed by atoms with E-state index in [1.165, 1.54) is 0 Å². The van der Waals surface area contributed by atoms with Crippen LogP contribution in [0.5, 0.6) is 0 Å². The zero-order valence-electron chi connectivity index (χ0n) is 10.6. The van der Waals surface area contributed by atoms with Gasteiger partial charge in [0.1, 0.15) is 0 Å². The summed E-state index contributed by atoms with van der Waals surface area (Å²) >= 11 is 0. The molecule has 2 unspecified atom stereocenters. The molecular weight excluding hydrogens is 174 g/mol. The van der Waals surface area contributed by atoms with Crippen LogP contribution in [0.15, 0.2) is 0 Å². The lowest BCUT2D eigenvalue weighted by Gasteiger charge is -2.25. The summed E-state index contributed by atoms with van der Waals surface area (Å²) in [5.74, 6) is 2.11. The molecule has 2 heteroatoms. The molecule has 0 aliphatic heterocycles. The molecule has 0 saturated heterocycles. The van der Waals surface area contributed by atoms with Crippen LogP contribution in [-0.4, -0.2) is 26.3 Å². The third-order valence-corrected chi connectivity index (χ3v) is 2.99. The second kappa shape index (κ2) is 7.24. The fourth-order valence-electron chi connectivity index (χ4n) is 1.24. The van der Waals surface area contributed by atoms with Crippen LogP contribution >= 0.6 is 0 Å². The average molecular weight is 201 g/mol. The SMILES string of the molecule is COCC(NCC(C)C(C)C)C(C)C. The van der Waals surface area contributed by atoms with Gasteiger partial charge in [-0.15, -0.1) is 0 Å². The van der Waals surface area contributed by atoms with Gasteiger partial charge in [0.25, 0.3) is 0 Å². The number of hydrogen-bond acceptors (Lipinski definition) is 2. The number of nitrogens with one attached hydrogen (secondary N) is 1. The van der Waals surface area contributed by atoms with E-state index in [2.05, 4.69) is 39.9 Å². The maximum atomic E-state index is 5.20. The fourth-order valence-corrected chi connectivity index (χ4v) is 1.24. The molecule has 14 heavy (non-hydrogen) atoms. The van der Waals surface area contributed by atoms with E-state index in [1.54, 1.807) is 7.11 Å². The van der Waals surface area contributed by atoms with E-state index < -0.39 is 0 Å². The van der Waals surface area contributed by atoms with Crippen molar-refractivity contribution < 1.29 is 4.74 Å². The van der Waals surface area contributed by atoms with Crippen LogP contribution in [0.25, 0.3) is 0 Å². The van der Waals surface area contributed by atoms with Gasteiger partial charge in [0, 0.05) is 13.2 Å². The summed E-state index contributed by atoms with van der Waals surface area (Å²) < 4.78 is 5.20. The van der Waals surface area contributed by atoms with Crippen molar-refractivity contribution in [1.29, 1.82) is 0 Å². The van der Waals surface area contributed by atoms with Gasteiger partial charge in [-0.3, -0.25) is 0 Å². The topological polar surface area (TPSA) is 21.3 Å². The highest BCUT2D eigenvalue weighted by Crippen LogP contribution is 2.09. The Morgan fingerprint density at radius 1 is 1.00 bits per heavy atom. The molecule has 1 N–H and O–H groups in total. The zero-order valence-corrected chi connectivity index (χ0v) is 10.6. The molecule has 0 spiro atoms. The van der Waals surface area contributed by atoms with Gasteiger partial charge in [-0.25, -0.2) is 0 Å². The quantitative estimate of drug-likeness (QED) is 0.683. The minimum atomic E-state index is 0.487. The van der Waals surface area contributed by atoms with Crippen LogP contribution in [0.2, 0.25) is 0 Å². The van der Waals surface area contributed by atoms with Crippen molar-refractivity contribution in [2.45, 2.75) is 40.7 Å². The molecule has 2 nitrogen and oxygen atoms in total. The summed E-state index contributed by atoms with van der Waals surface area (Å²) in [6.07, 6.45) is 0. The van der Waals surface area contributed by atoms with Gasteiger partial charge in [0.15, 0.2) is 0 Å². The van der Waals surface area contributed by atoms with E-state index in [9.17, 15) is 0 Å². The number of rotatable bonds is 7. The normalized spacial score (nSPS) is 16.3. The Bertz CT molecular complexity index is 134. The van der Waals surface area contributed by atoms with Crippen molar-refractivity contribution in [3.8, 4) is 0 Å². The van der Waals surface area contributed by atoms with Crippen LogP contribution in [0.4, 0.5) is 0 Å². The first kappa shape index (κ1) is 13.9. The van der Waals surface area contributed by atoms with Crippen LogP contribution in [-0.2, 0) is 4.74 Å². The Balaban J connectivity index is 3.81. The lowest BCUT2D eigenvalue weighted by molar-refractivity contribution is 0.143. The van der Waals surface area contributed by atoms with Gasteiger partial charge < -0.3 is 10.1 Å². The number of hydrogen-bond donors (Lipinski definition) is 1. The summed E-state index contributed by atoms with van der Waals surface area (Å²) in [5, 5.41) is 3.58. The average Bonchev–Trinajstić information content (AvgIpc) is 2.10. The Hall–Kier alpha value is -0.0800. The standard InChI is InChI=1S/C12H27NO/c1-9(2)11(5)7-13-12(8-14-6)10(3)4/h9-13H,7-8H2,1-6H3. The molecule has 0 heterocycles. The van der Waals surface area contributed by atoms with Crippen molar-refractivity contribution in [3.05, 3.63) is 0 Å². The predicted molar refractivity (Wildman–Crippen MR) is 62.5 cm³/mol. The first-order valence-corrected chi connectivity index (χ1v) is 5.71. The minimum absolute atomic E-state index is 0.487. The summed E-state index contributed by atoms with van der Waals surface area (Å²) in [4.78, 5) is 0. The highest BCUT2D eigenvalue weighted by molar-refractivity contribution is 4.72. The zero-order chi connectivity index (χ0) is 11.1. The predicted octanol–water partition coefficient (Wildman–Crippen LogP) is 2.54. The van der Waals surface area contributed by atoms with Crippen LogP contribution in [0.3, 0.4) is 0 Å². The molecule has 0 rings (SSSR count). The third-order valence-electron chi connectivity index (χ3n) is 2.99. The monoisotopic (exact) mass is 201 g/mol. The molecule has 0 amide bonds. The number of ether oxygens (including phenoxy) is 1. The molecule has 2 atom stereocenters. The molecule has 0 fully saturated rings. The van der Waals surface area contributed by atoms with E-state index in [-0.39, 0.29) is 0 Å². The first-order chi connectivity index (χ1) is 6.49. The van der Waals surface area contributed by atoms with Gasteiger partial charge >= 0.3 is 0 Å². The largest absolute Gasteiger partial charge is 0.383 e. The maximum Gasteiger partial charge on any atom is 0.0618 e. The summed E-state index contributed by atoms with van der Waals surface area (Å²) in [5.41, 5.74) is 0. The van der Waals surface area contributed by atoms with Gasteiger partial charge in [0.2, 0.25) is 0 Å². The van der Waals surface area contributed by atoms with E-state index in [4.69, 9.17) is 4.74 Å².